The van der Waals surface area contributed by atoms with E-state index in [0.717, 1.165) is 17.4 Å². The maximum atomic E-state index is 11.2. The molecule has 1 atom stereocenters. The first kappa shape index (κ1) is 22.5. The monoisotopic (exact) mass is 387 g/mol. The van der Waals surface area contributed by atoms with E-state index in [-0.39, 0.29) is 0 Å². The lowest BCUT2D eigenvalue weighted by Crippen LogP contribution is -2.36. The zero-order valence-electron chi connectivity index (χ0n) is 15.3. The first-order valence-electron chi connectivity index (χ1n) is 8.42. The molecule has 144 valence electrons. The van der Waals surface area contributed by atoms with Crippen molar-refractivity contribution in [1.82, 2.24) is 5.32 Å². The zero-order chi connectivity index (χ0) is 20.1. The Morgan fingerprint density at radius 3 is 2.11 bits per heavy atom. The van der Waals surface area contributed by atoms with Gasteiger partial charge in [0.05, 0.1) is 0 Å². The third-order valence-electron chi connectivity index (χ3n) is 3.70. The second kappa shape index (κ2) is 12.7. The van der Waals surface area contributed by atoms with Gasteiger partial charge in [-0.1, -0.05) is 61.2 Å². The second-order valence-electron chi connectivity index (χ2n) is 5.66. The minimum Gasteiger partial charge on any atom is -0.480 e. The normalized spacial score (nSPS) is 11.0. The van der Waals surface area contributed by atoms with Crippen molar-refractivity contribution >= 4 is 23.7 Å². The molecule has 0 radical (unpaired) electrons. The number of aliphatic carboxylic acids is 2. The van der Waals surface area contributed by atoms with E-state index in [2.05, 4.69) is 36.2 Å². The molecule has 2 rings (SSSR count). The Balaban J connectivity index is 0.000000646. The Morgan fingerprint density at radius 1 is 1.07 bits per heavy atom. The number of hydrogen-bond donors (Lipinski definition) is 3. The van der Waals surface area contributed by atoms with E-state index in [1.165, 1.54) is 11.1 Å². The molecule has 0 fully saturated rings. The highest BCUT2D eigenvalue weighted by atomic mass is 32.2. The molecule has 27 heavy (non-hydrogen) atoms. The molecule has 0 aliphatic rings. The van der Waals surface area contributed by atoms with Crippen molar-refractivity contribution in [1.29, 1.82) is 0 Å². The van der Waals surface area contributed by atoms with Gasteiger partial charge < -0.3 is 15.5 Å². The molecule has 0 aromatic heterocycles. The molecule has 0 spiro atoms. The van der Waals surface area contributed by atoms with Crippen molar-refractivity contribution in [3.05, 3.63) is 72.8 Å². The molecule has 0 unspecified atom stereocenters. The molecule has 3 N–H and O–H groups in total. The molecule has 6 heteroatoms. The highest BCUT2D eigenvalue weighted by Gasteiger charge is 2.15. The van der Waals surface area contributed by atoms with E-state index in [4.69, 9.17) is 5.11 Å². The van der Waals surface area contributed by atoms with Gasteiger partial charge in [-0.05, 0) is 35.1 Å². The van der Waals surface area contributed by atoms with Crippen LogP contribution in [0, 0.1) is 0 Å². The Hall–Kier alpha value is -2.57. The fourth-order valence-electron chi connectivity index (χ4n) is 2.24. The molecule has 0 saturated carbocycles. The van der Waals surface area contributed by atoms with Crippen molar-refractivity contribution in [2.45, 2.75) is 19.0 Å². The standard InChI is InChI=1S/C18H21NO2S.C3H4O2/c1-22-12-11-17(18(20)21)19-13-14-7-9-16(10-8-14)15-5-3-2-4-6-15;1-2-3(4)5/h2-10,17,19H,11-13H2,1H3,(H,20,21);2H,1H2,(H,4,5)/t17-;/m0./s1. The molecule has 0 heterocycles. The summed E-state index contributed by atoms with van der Waals surface area (Å²) in [7, 11) is 0. The molecule has 0 bridgehead atoms. The van der Waals surface area contributed by atoms with Crippen LogP contribution in [0.2, 0.25) is 0 Å². The number of nitrogens with one attached hydrogen (secondary N) is 1. The predicted molar refractivity (Wildman–Crippen MR) is 111 cm³/mol. The second-order valence-corrected chi connectivity index (χ2v) is 6.64. The van der Waals surface area contributed by atoms with Gasteiger partial charge in [0.2, 0.25) is 0 Å². The lowest BCUT2D eigenvalue weighted by molar-refractivity contribution is -0.139. The van der Waals surface area contributed by atoms with Crippen molar-refractivity contribution in [3.8, 4) is 11.1 Å². The third kappa shape index (κ3) is 9.08. The van der Waals surface area contributed by atoms with Gasteiger partial charge in [-0.25, -0.2) is 4.79 Å². The highest BCUT2D eigenvalue weighted by Crippen LogP contribution is 2.19. The maximum Gasteiger partial charge on any atom is 0.327 e. The largest absolute Gasteiger partial charge is 0.480 e. The van der Waals surface area contributed by atoms with Crippen molar-refractivity contribution in [3.63, 3.8) is 0 Å². The molecule has 5 nitrogen and oxygen atoms in total. The van der Waals surface area contributed by atoms with Crippen LogP contribution >= 0.6 is 11.8 Å². The molecular weight excluding hydrogens is 362 g/mol. The summed E-state index contributed by atoms with van der Waals surface area (Å²) in [4.78, 5) is 20.4. The van der Waals surface area contributed by atoms with E-state index in [1.807, 2.05) is 36.6 Å². The van der Waals surface area contributed by atoms with Gasteiger partial charge in [-0.2, -0.15) is 11.8 Å². The smallest absolute Gasteiger partial charge is 0.327 e. The molecule has 2 aromatic carbocycles. The van der Waals surface area contributed by atoms with Crippen molar-refractivity contribution in [2.75, 3.05) is 12.0 Å². The van der Waals surface area contributed by atoms with Crippen molar-refractivity contribution < 1.29 is 19.8 Å². The molecule has 2 aromatic rings. The molecule has 0 amide bonds. The van der Waals surface area contributed by atoms with E-state index in [0.29, 0.717) is 13.0 Å². The number of carboxylic acids is 2. The van der Waals surface area contributed by atoms with Gasteiger partial charge in [-0.3, -0.25) is 4.79 Å². The van der Waals surface area contributed by atoms with E-state index in [9.17, 15) is 14.7 Å². The van der Waals surface area contributed by atoms with Crippen LogP contribution in [0.3, 0.4) is 0 Å². The first-order valence-corrected chi connectivity index (χ1v) is 9.82. The quantitative estimate of drug-likeness (QED) is 0.566. The van der Waals surface area contributed by atoms with Crippen LogP contribution in [-0.2, 0) is 16.1 Å². The average Bonchev–Trinajstić information content (AvgIpc) is 2.69. The van der Waals surface area contributed by atoms with E-state index < -0.39 is 18.0 Å². The van der Waals surface area contributed by atoms with Gasteiger partial charge in [0.25, 0.3) is 0 Å². The van der Waals surface area contributed by atoms with Crippen LogP contribution in [0.1, 0.15) is 12.0 Å². The maximum absolute atomic E-state index is 11.2. The third-order valence-corrected chi connectivity index (χ3v) is 4.34. The van der Waals surface area contributed by atoms with Gasteiger partial charge in [0, 0.05) is 12.6 Å². The lowest BCUT2D eigenvalue weighted by atomic mass is 10.0. The fraction of sp³-hybridized carbons (Fsp3) is 0.238. The Morgan fingerprint density at radius 2 is 1.63 bits per heavy atom. The lowest BCUT2D eigenvalue weighted by Gasteiger charge is -2.14. The van der Waals surface area contributed by atoms with Gasteiger partial charge in [0.15, 0.2) is 0 Å². The predicted octanol–water partition coefficient (Wildman–Crippen LogP) is 3.91. The Labute approximate surface area is 164 Å². The number of benzene rings is 2. The van der Waals surface area contributed by atoms with Crippen LogP contribution in [-0.4, -0.2) is 40.2 Å². The molecule has 0 aliphatic heterocycles. The van der Waals surface area contributed by atoms with Crippen LogP contribution in [0.5, 0.6) is 0 Å². The van der Waals surface area contributed by atoms with Crippen molar-refractivity contribution in [2.24, 2.45) is 0 Å². The van der Waals surface area contributed by atoms with Crippen LogP contribution < -0.4 is 5.32 Å². The summed E-state index contributed by atoms with van der Waals surface area (Å²) in [5, 5.41) is 19.9. The molecule has 0 aliphatic carbocycles. The number of hydrogen-bond acceptors (Lipinski definition) is 4. The summed E-state index contributed by atoms with van der Waals surface area (Å²) in [5.41, 5.74) is 3.45. The summed E-state index contributed by atoms with van der Waals surface area (Å²) in [6.45, 7) is 3.53. The minimum atomic E-state index is -0.981. The van der Waals surface area contributed by atoms with Gasteiger partial charge >= 0.3 is 11.9 Å². The Bertz CT molecular complexity index is 717. The van der Waals surface area contributed by atoms with E-state index in [1.54, 1.807) is 11.8 Å². The van der Waals surface area contributed by atoms with Crippen LogP contribution in [0.25, 0.3) is 11.1 Å². The highest BCUT2D eigenvalue weighted by molar-refractivity contribution is 7.98. The summed E-state index contributed by atoms with van der Waals surface area (Å²) >= 11 is 1.67. The number of carbonyl (C=O) groups is 2. The topological polar surface area (TPSA) is 86.6 Å². The SMILES string of the molecule is C=CC(=O)O.CSCC[C@H](NCc1ccc(-c2ccccc2)cc1)C(=O)O. The molecule has 0 saturated heterocycles. The van der Waals surface area contributed by atoms with Crippen LogP contribution in [0.15, 0.2) is 67.3 Å². The van der Waals surface area contributed by atoms with Gasteiger partial charge in [0.1, 0.15) is 6.04 Å². The summed E-state index contributed by atoms with van der Waals surface area (Å²) in [6.07, 6.45) is 3.46. The zero-order valence-corrected chi connectivity index (χ0v) is 16.1. The summed E-state index contributed by atoms with van der Waals surface area (Å²) in [6, 6.07) is 18.0. The minimum absolute atomic E-state index is 0.485. The average molecular weight is 388 g/mol. The summed E-state index contributed by atoms with van der Waals surface area (Å²) in [5.74, 6) is -0.920. The number of thioether (sulfide) groups is 1. The van der Waals surface area contributed by atoms with Gasteiger partial charge in [-0.15, -0.1) is 0 Å². The number of carboxylic acid groups (broad SMARTS) is 2. The first-order chi connectivity index (χ1) is 13.0. The van der Waals surface area contributed by atoms with Crippen LogP contribution in [0.4, 0.5) is 0 Å². The fourth-order valence-corrected chi connectivity index (χ4v) is 2.71. The number of rotatable bonds is 9. The van der Waals surface area contributed by atoms with E-state index >= 15 is 0 Å². The summed E-state index contributed by atoms with van der Waals surface area (Å²) < 4.78 is 0. The Kier molecular flexibility index (Phi) is 10.6. The molecular formula is C21H25NO4S.